The van der Waals surface area contributed by atoms with Gasteiger partial charge in [0, 0.05) is 5.56 Å². The topological polar surface area (TPSA) is 115 Å². The highest BCUT2D eigenvalue weighted by atomic mass is 16.2. The molecule has 1 atom stereocenters. The van der Waals surface area contributed by atoms with Crippen LogP contribution in [0.1, 0.15) is 29.3 Å². The zero-order valence-corrected chi connectivity index (χ0v) is 15.2. The zero-order chi connectivity index (χ0) is 19.5. The van der Waals surface area contributed by atoms with Crippen LogP contribution in [-0.4, -0.2) is 30.9 Å². The molecule has 0 saturated heterocycles. The molecule has 0 bridgehead atoms. The van der Waals surface area contributed by atoms with Gasteiger partial charge in [0.15, 0.2) is 0 Å². The zero-order valence-electron chi connectivity index (χ0n) is 15.2. The number of hydrogen-bond donors (Lipinski definition) is 3. The van der Waals surface area contributed by atoms with E-state index < -0.39 is 6.04 Å². The molecule has 0 spiro atoms. The Morgan fingerprint density at radius 2 is 1.79 bits per heavy atom. The van der Waals surface area contributed by atoms with Gasteiger partial charge in [-0.3, -0.25) is 9.89 Å². The van der Waals surface area contributed by atoms with Crippen LogP contribution >= 0.6 is 0 Å². The SMILES string of the molecule is CC(NC(=O)c1cc(-c2ccccc2)nn1-c1ccccc1)c1nc(N)n[nH]1. The van der Waals surface area contributed by atoms with Crippen LogP contribution < -0.4 is 11.1 Å². The van der Waals surface area contributed by atoms with E-state index >= 15 is 0 Å². The van der Waals surface area contributed by atoms with E-state index in [9.17, 15) is 4.79 Å². The van der Waals surface area contributed by atoms with Crippen molar-refractivity contribution in [2.75, 3.05) is 5.73 Å². The first-order chi connectivity index (χ1) is 13.6. The smallest absolute Gasteiger partial charge is 0.270 e. The minimum Gasteiger partial charge on any atom is -0.367 e. The maximum absolute atomic E-state index is 13.0. The Morgan fingerprint density at radius 3 is 2.43 bits per heavy atom. The Kier molecular flexibility index (Phi) is 4.59. The van der Waals surface area contributed by atoms with E-state index in [1.807, 2.05) is 60.7 Å². The molecule has 0 aliphatic heterocycles. The highest BCUT2D eigenvalue weighted by molar-refractivity contribution is 5.94. The number of aromatic nitrogens is 5. The molecule has 0 aliphatic carbocycles. The average molecular weight is 373 g/mol. The molecule has 8 heteroatoms. The quantitative estimate of drug-likeness (QED) is 0.498. The number of amides is 1. The summed E-state index contributed by atoms with van der Waals surface area (Å²) in [5, 5.41) is 14.1. The van der Waals surface area contributed by atoms with Crippen molar-refractivity contribution in [2.45, 2.75) is 13.0 Å². The number of nitrogens with two attached hydrogens (primary N) is 1. The van der Waals surface area contributed by atoms with Crippen LogP contribution in [0.4, 0.5) is 5.95 Å². The van der Waals surface area contributed by atoms with E-state index in [1.165, 1.54) is 0 Å². The fourth-order valence-corrected chi connectivity index (χ4v) is 2.88. The Hall–Kier alpha value is -3.94. The summed E-state index contributed by atoms with van der Waals surface area (Å²) in [5.41, 5.74) is 8.41. The van der Waals surface area contributed by atoms with Crippen LogP contribution in [0, 0.1) is 0 Å². The number of nitrogen functional groups attached to an aromatic ring is 1. The van der Waals surface area contributed by atoms with Gasteiger partial charge in [-0.1, -0.05) is 48.5 Å². The first-order valence-corrected chi connectivity index (χ1v) is 8.81. The van der Waals surface area contributed by atoms with Gasteiger partial charge in [0.2, 0.25) is 5.95 Å². The van der Waals surface area contributed by atoms with E-state index in [-0.39, 0.29) is 11.9 Å². The highest BCUT2D eigenvalue weighted by Crippen LogP contribution is 2.22. The number of nitrogens with one attached hydrogen (secondary N) is 2. The third kappa shape index (κ3) is 3.48. The largest absolute Gasteiger partial charge is 0.367 e. The molecule has 0 fully saturated rings. The fourth-order valence-electron chi connectivity index (χ4n) is 2.88. The summed E-state index contributed by atoms with van der Waals surface area (Å²) in [4.78, 5) is 17.1. The monoisotopic (exact) mass is 373 g/mol. The van der Waals surface area contributed by atoms with E-state index in [2.05, 4.69) is 25.6 Å². The first-order valence-electron chi connectivity index (χ1n) is 8.81. The van der Waals surface area contributed by atoms with Crippen molar-refractivity contribution in [1.29, 1.82) is 0 Å². The van der Waals surface area contributed by atoms with Crippen molar-refractivity contribution in [3.8, 4) is 16.9 Å². The molecule has 2 aromatic carbocycles. The standard InChI is InChI=1S/C20H19N7O/c1-13(18-23-20(21)25-24-18)22-19(28)17-12-16(14-8-4-2-5-9-14)26-27(17)15-10-6-3-7-11-15/h2-13H,1H3,(H,22,28)(H3,21,23,24,25). The number of H-pyrrole nitrogens is 1. The van der Waals surface area contributed by atoms with Crippen LogP contribution in [-0.2, 0) is 0 Å². The Bertz CT molecular complexity index is 1090. The Balaban J connectivity index is 1.70. The number of anilines is 1. The van der Waals surface area contributed by atoms with Crippen molar-refractivity contribution in [1.82, 2.24) is 30.3 Å². The van der Waals surface area contributed by atoms with Crippen LogP contribution in [0.3, 0.4) is 0 Å². The van der Waals surface area contributed by atoms with Gasteiger partial charge in [0.25, 0.3) is 5.91 Å². The Labute approximate surface area is 161 Å². The van der Waals surface area contributed by atoms with Gasteiger partial charge in [-0.2, -0.15) is 10.1 Å². The van der Waals surface area contributed by atoms with Crippen LogP contribution in [0.25, 0.3) is 16.9 Å². The van der Waals surface area contributed by atoms with Crippen LogP contribution in [0.5, 0.6) is 0 Å². The van der Waals surface area contributed by atoms with E-state index in [0.717, 1.165) is 11.3 Å². The molecule has 1 amide bonds. The second kappa shape index (κ2) is 7.36. The maximum atomic E-state index is 13.0. The summed E-state index contributed by atoms with van der Waals surface area (Å²) in [6.45, 7) is 1.80. The van der Waals surface area contributed by atoms with Gasteiger partial charge in [0.05, 0.1) is 17.4 Å². The molecule has 2 aromatic heterocycles. The predicted molar refractivity (Wildman–Crippen MR) is 106 cm³/mol. The number of aromatic amines is 1. The normalized spacial score (nSPS) is 11.9. The van der Waals surface area contributed by atoms with Gasteiger partial charge in [-0.05, 0) is 25.1 Å². The molecule has 1 unspecified atom stereocenters. The molecule has 0 saturated carbocycles. The van der Waals surface area contributed by atoms with E-state index in [4.69, 9.17) is 5.73 Å². The van der Waals surface area contributed by atoms with Crippen LogP contribution in [0.15, 0.2) is 66.7 Å². The minimum absolute atomic E-state index is 0.136. The number of para-hydroxylation sites is 1. The van der Waals surface area contributed by atoms with Gasteiger partial charge >= 0.3 is 0 Å². The number of carbonyl (C=O) groups excluding carboxylic acids is 1. The van der Waals surface area contributed by atoms with Crippen molar-refractivity contribution in [3.63, 3.8) is 0 Å². The predicted octanol–water partition coefficient (Wildman–Crippen LogP) is 2.73. The Morgan fingerprint density at radius 1 is 1.11 bits per heavy atom. The third-order valence-corrected chi connectivity index (χ3v) is 4.29. The van der Waals surface area contributed by atoms with Crippen LogP contribution in [0.2, 0.25) is 0 Å². The molecular weight excluding hydrogens is 354 g/mol. The van der Waals surface area contributed by atoms with Gasteiger partial charge in [-0.25, -0.2) is 4.68 Å². The van der Waals surface area contributed by atoms with Crippen molar-refractivity contribution in [2.24, 2.45) is 0 Å². The van der Waals surface area contributed by atoms with Crippen molar-refractivity contribution >= 4 is 11.9 Å². The van der Waals surface area contributed by atoms with Crippen molar-refractivity contribution < 1.29 is 4.79 Å². The van der Waals surface area contributed by atoms with E-state index in [0.29, 0.717) is 17.2 Å². The number of benzene rings is 2. The van der Waals surface area contributed by atoms with E-state index in [1.54, 1.807) is 17.7 Å². The number of carbonyl (C=O) groups is 1. The lowest BCUT2D eigenvalue weighted by atomic mass is 10.1. The van der Waals surface area contributed by atoms with Gasteiger partial charge in [-0.15, -0.1) is 5.10 Å². The molecule has 4 aromatic rings. The number of hydrogen-bond acceptors (Lipinski definition) is 5. The average Bonchev–Trinajstić information content (AvgIpc) is 3.36. The molecule has 0 aliphatic rings. The molecule has 140 valence electrons. The lowest BCUT2D eigenvalue weighted by molar-refractivity contribution is 0.0930. The molecule has 4 rings (SSSR count). The number of nitrogens with zero attached hydrogens (tertiary/aromatic N) is 4. The second-order valence-electron chi connectivity index (χ2n) is 6.30. The number of rotatable bonds is 5. The lowest BCUT2D eigenvalue weighted by Gasteiger charge is -2.12. The van der Waals surface area contributed by atoms with Crippen molar-refractivity contribution in [3.05, 3.63) is 78.2 Å². The fraction of sp³-hybridized carbons (Fsp3) is 0.100. The molecule has 8 nitrogen and oxygen atoms in total. The third-order valence-electron chi connectivity index (χ3n) is 4.29. The summed E-state index contributed by atoms with van der Waals surface area (Å²) in [7, 11) is 0. The second-order valence-corrected chi connectivity index (χ2v) is 6.30. The summed E-state index contributed by atoms with van der Waals surface area (Å²) >= 11 is 0. The molecular formula is C20H19N7O. The molecule has 4 N–H and O–H groups in total. The minimum atomic E-state index is -0.392. The van der Waals surface area contributed by atoms with Gasteiger partial charge < -0.3 is 11.1 Å². The first kappa shape index (κ1) is 17.5. The van der Waals surface area contributed by atoms with Gasteiger partial charge in [0.1, 0.15) is 11.5 Å². The summed E-state index contributed by atoms with van der Waals surface area (Å²) in [6.07, 6.45) is 0. The summed E-state index contributed by atoms with van der Waals surface area (Å²) in [5.74, 6) is 0.345. The molecule has 2 heterocycles. The molecule has 0 radical (unpaired) electrons. The highest BCUT2D eigenvalue weighted by Gasteiger charge is 2.20. The lowest BCUT2D eigenvalue weighted by Crippen LogP contribution is -2.29. The summed E-state index contributed by atoms with van der Waals surface area (Å²) in [6, 6.07) is 20.6. The maximum Gasteiger partial charge on any atom is 0.270 e. The summed E-state index contributed by atoms with van der Waals surface area (Å²) < 4.78 is 1.64. The molecule has 28 heavy (non-hydrogen) atoms.